The molecule has 25 heavy (non-hydrogen) atoms. The van der Waals surface area contributed by atoms with E-state index in [1.807, 2.05) is 4.90 Å². The van der Waals surface area contributed by atoms with Gasteiger partial charge in [0.15, 0.2) is 0 Å². The summed E-state index contributed by atoms with van der Waals surface area (Å²) in [6, 6.07) is 6.01. The summed E-state index contributed by atoms with van der Waals surface area (Å²) in [6.07, 6.45) is 3.94. The van der Waals surface area contributed by atoms with Crippen molar-refractivity contribution in [2.45, 2.75) is 38.2 Å². The van der Waals surface area contributed by atoms with Crippen molar-refractivity contribution in [1.82, 2.24) is 9.80 Å². The summed E-state index contributed by atoms with van der Waals surface area (Å²) in [6.45, 7) is 3.00. The molecule has 0 spiro atoms. The molecule has 1 unspecified atom stereocenters. The van der Waals surface area contributed by atoms with Crippen LogP contribution in [-0.2, 0) is 20.7 Å². The summed E-state index contributed by atoms with van der Waals surface area (Å²) in [5.74, 6) is -0.155. The van der Waals surface area contributed by atoms with E-state index in [9.17, 15) is 14.0 Å². The number of benzene rings is 1. The van der Waals surface area contributed by atoms with E-state index < -0.39 is 0 Å². The number of halogens is 1. The molecule has 0 N–H and O–H groups in total. The highest BCUT2D eigenvalue weighted by Gasteiger charge is 2.26. The predicted octanol–water partition coefficient (Wildman–Crippen LogP) is 2.00. The van der Waals surface area contributed by atoms with Crippen LogP contribution in [0.3, 0.4) is 0 Å². The lowest BCUT2D eigenvalue weighted by Gasteiger charge is -2.35. The van der Waals surface area contributed by atoms with E-state index >= 15 is 0 Å². The van der Waals surface area contributed by atoms with Gasteiger partial charge >= 0.3 is 0 Å². The van der Waals surface area contributed by atoms with Gasteiger partial charge in [-0.15, -0.1) is 0 Å². The lowest BCUT2D eigenvalue weighted by Crippen LogP contribution is -2.51. The minimum atomic E-state index is -0.301. The van der Waals surface area contributed by atoms with E-state index in [0.29, 0.717) is 32.6 Å². The van der Waals surface area contributed by atoms with Crippen LogP contribution in [-0.4, -0.2) is 60.5 Å². The van der Waals surface area contributed by atoms with Gasteiger partial charge in [0.25, 0.3) is 0 Å². The van der Waals surface area contributed by atoms with Crippen LogP contribution in [0.5, 0.6) is 0 Å². The SMILES string of the molecule is O=C(Cc1ccc(F)cc1)N1CCN(C(=O)CC2CCCCO2)CC1. The maximum absolute atomic E-state index is 12.9. The second-order valence-corrected chi connectivity index (χ2v) is 6.76. The first kappa shape index (κ1) is 17.9. The Morgan fingerprint density at radius 3 is 2.24 bits per heavy atom. The maximum Gasteiger partial charge on any atom is 0.227 e. The Bertz CT molecular complexity index is 591. The first-order valence-corrected chi connectivity index (χ1v) is 9.03. The third kappa shape index (κ3) is 5.01. The van der Waals surface area contributed by atoms with Gasteiger partial charge in [-0.05, 0) is 37.0 Å². The standard InChI is InChI=1S/C19H25FN2O3/c20-16-6-4-15(5-7-16)13-18(23)21-8-10-22(11-9-21)19(24)14-17-3-1-2-12-25-17/h4-7,17H,1-3,8-14H2. The molecule has 0 saturated carbocycles. The van der Waals surface area contributed by atoms with Gasteiger partial charge < -0.3 is 14.5 Å². The zero-order valence-corrected chi connectivity index (χ0v) is 14.5. The number of hydrogen-bond donors (Lipinski definition) is 0. The molecule has 0 bridgehead atoms. The monoisotopic (exact) mass is 348 g/mol. The fourth-order valence-corrected chi connectivity index (χ4v) is 3.39. The first-order valence-electron chi connectivity index (χ1n) is 9.03. The molecule has 6 heteroatoms. The third-order valence-corrected chi connectivity index (χ3v) is 4.93. The van der Waals surface area contributed by atoms with Gasteiger partial charge in [0.05, 0.1) is 18.9 Å². The lowest BCUT2D eigenvalue weighted by molar-refractivity contribution is -0.141. The summed E-state index contributed by atoms with van der Waals surface area (Å²) in [5, 5.41) is 0. The Labute approximate surface area is 147 Å². The third-order valence-electron chi connectivity index (χ3n) is 4.93. The van der Waals surface area contributed by atoms with Crippen molar-refractivity contribution in [3.8, 4) is 0 Å². The molecule has 1 atom stereocenters. The fourth-order valence-electron chi connectivity index (χ4n) is 3.39. The minimum absolute atomic E-state index is 0.0225. The van der Waals surface area contributed by atoms with Gasteiger partial charge in [0, 0.05) is 32.8 Å². The summed E-state index contributed by atoms with van der Waals surface area (Å²) in [5.41, 5.74) is 0.805. The molecule has 2 amide bonds. The van der Waals surface area contributed by atoms with Crippen molar-refractivity contribution in [3.63, 3.8) is 0 Å². The van der Waals surface area contributed by atoms with E-state index in [1.54, 1.807) is 17.0 Å². The Balaban J connectivity index is 1.43. The van der Waals surface area contributed by atoms with Crippen molar-refractivity contribution < 1.29 is 18.7 Å². The summed E-state index contributed by atoms with van der Waals surface area (Å²) in [7, 11) is 0. The van der Waals surface area contributed by atoms with Crippen LogP contribution in [0.15, 0.2) is 24.3 Å². The van der Waals surface area contributed by atoms with Gasteiger partial charge in [-0.2, -0.15) is 0 Å². The predicted molar refractivity (Wildman–Crippen MR) is 91.5 cm³/mol. The van der Waals surface area contributed by atoms with Crippen LogP contribution in [0.1, 0.15) is 31.2 Å². The highest BCUT2D eigenvalue weighted by atomic mass is 19.1. The van der Waals surface area contributed by atoms with E-state index in [0.717, 1.165) is 31.4 Å². The molecule has 2 aliphatic rings. The van der Waals surface area contributed by atoms with Crippen LogP contribution in [0.25, 0.3) is 0 Å². The van der Waals surface area contributed by atoms with Crippen LogP contribution in [0, 0.1) is 5.82 Å². The van der Waals surface area contributed by atoms with Crippen molar-refractivity contribution in [2.24, 2.45) is 0 Å². The largest absolute Gasteiger partial charge is 0.378 e. The van der Waals surface area contributed by atoms with E-state index in [1.165, 1.54) is 12.1 Å². The molecule has 2 saturated heterocycles. The lowest BCUT2D eigenvalue weighted by atomic mass is 10.1. The molecular weight excluding hydrogens is 323 g/mol. The van der Waals surface area contributed by atoms with E-state index in [4.69, 9.17) is 4.74 Å². The van der Waals surface area contributed by atoms with Crippen molar-refractivity contribution in [2.75, 3.05) is 32.8 Å². The number of amides is 2. The normalized spacial score (nSPS) is 21.2. The highest BCUT2D eigenvalue weighted by Crippen LogP contribution is 2.17. The fraction of sp³-hybridized carbons (Fsp3) is 0.579. The number of ether oxygens (including phenoxy) is 1. The van der Waals surface area contributed by atoms with Gasteiger partial charge in [-0.3, -0.25) is 9.59 Å². The minimum Gasteiger partial charge on any atom is -0.378 e. The van der Waals surface area contributed by atoms with Crippen LogP contribution in [0.2, 0.25) is 0 Å². The zero-order valence-electron chi connectivity index (χ0n) is 14.5. The van der Waals surface area contributed by atoms with Gasteiger partial charge in [-0.25, -0.2) is 4.39 Å². The van der Waals surface area contributed by atoms with Crippen molar-refractivity contribution >= 4 is 11.8 Å². The average molecular weight is 348 g/mol. The second-order valence-electron chi connectivity index (χ2n) is 6.76. The molecule has 1 aromatic carbocycles. The number of carbonyl (C=O) groups excluding carboxylic acids is 2. The van der Waals surface area contributed by atoms with Crippen LogP contribution in [0.4, 0.5) is 4.39 Å². The first-order chi connectivity index (χ1) is 12.1. The molecule has 5 nitrogen and oxygen atoms in total. The number of carbonyl (C=O) groups is 2. The van der Waals surface area contributed by atoms with Gasteiger partial charge in [0.2, 0.25) is 11.8 Å². The molecule has 136 valence electrons. The number of hydrogen-bond acceptors (Lipinski definition) is 3. The quantitative estimate of drug-likeness (QED) is 0.836. The molecule has 2 heterocycles. The van der Waals surface area contributed by atoms with Crippen LogP contribution < -0.4 is 0 Å². The molecule has 0 aromatic heterocycles. The topological polar surface area (TPSA) is 49.9 Å². The smallest absolute Gasteiger partial charge is 0.227 e. The molecule has 2 fully saturated rings. The Morgan fingerprint density at radius 2 is 1.64 bits per heavy atom. The van der Waals surface area contributed by atoms with Gasteiger partial charge in [-0.1, -0.05) is 12.1 Å². The Morgan fingerprint density at radius 1 is 1.00 bits per heavy atom. The number of nitrogens with zero attached hydrogens (tertiary/aromatic N) is 2. The summed E-state index contributed by atoms with van der Waals surface area (Å²) >= 11 is 0. The van der Waals surface area contributed by atoms with E-state index in [2.05, 4.69) is 0 Å². The van der Waals surface area contributed by atoms with Crippen LogP contribution >= 0.6 is 0 Å². The zero-order chi connectivity index (χ0) is 17.6. The summed E-state index contributed by atoms with van der Waals surface area (Å²) < 4.78 is 18.6. The van der Waals surface area contributed by atoms with Crippen molar-refractivity contribution in [3.05, 3.63) is 35.6 Å². The molecule has 1 aromatic rings. The molecule has 3 rings (SSSR count). The Hall–Kier alpha value is -1.95. The Kier molecular flexibility index (Phi) is 6.02. The number of rotatable bonds is 4. The molecule has 0 radical (unpaired) electrons. The van der Waals surface area contributed by atoms with Gasteiger partial charge in [0.1, 0.15) is 5.82 Å². The molecular formula is C19H25FN2O3. The molecule has 2 aliphatic heterocycles. The van der Waals surface area contributed by atoms with E-state index in [-0.39, 0.29) is 30.2 Å². The van der Waals surface area contributed by atoms with Crippen molar-refractivity contribution in [1.29, 1.82) is 0 Å². The highest BCUT2D eigenvalue weighted by molar-refractivity contribution is 5.80. The summed E-state index contributed by atoms with van der Waals surface area (Å²) in [4.78, 5) is 28.3. The average Bonchev–Trinajstić information content (AvgIpc) is 2.64. The molecule has 0 aliphatic carbocycles. The second kappa shape index (κ2) is 8.43. The number of piperazine rings is 1. The maximum atomic E-state index is 12.9.